The summed E-state index contributed by atoms with van der Waals surface area (Å²) < 4.78 is 8.93. The highest BCUT2D eigenvalue weighted by Gasteiger charge is 2.22. The minimum atomic E-state index is -0.0109. The summed E-state index contributed by atoms with van der Waals surface area (Å²) in [5, 5.41) is 7.50. The molecule has 0 bridgehead atoms. The zero-order chi connectivity index (χ0) is 20.7. The lowest BCUT2D eigenvalue weighted by molar-refractivity contribution is 0.0855. The number of hydrogen-bond acceptors (Lipinski definition) is 7. The van der Waals surface area contributed by atoms with Gasteiger partial charge < -0.3 is 14.6 Å². The van der Waals surface area contributed by atoms with Crippen LogP contribution in [0.5, 0.6) is 0 Å². The minimum Gasteiger partial charge on any atom is -0.381 e. The summed E-state index contributed by atoms with van der Waals surface area (Å²) >= 11 is 0. The van der Waals surface area contributed by atoms with E-state index in [0.717, 1.165) is 46.3 Å². The monoisotopic (exact) mass is 405 g/mol. The Balaban J connectivity index is 1.61. The molecule has 1 N–H and O–H groups in total. The van der Waals surface area contributed by atoms with E-state index in [-0.39, 0.29) is 11.5 Å². The van der Waals surface area contributed by atoms with E-state index >= 15 is 0 Å². The lowest BCUT2D eigenvalue weighted by atomic mass is 9.91. The fourth-order valence-electron chi connectivity index (χ4n) is 4.10. The highest BCUT2D eigenvalue weighted by atomic mass is 16.5. The molecule has 154 valence electrons. The van der Waals surface area contributed by atoms with Gasteiger partial charge in [0.15, 0.2) is 5.65 Å². The lowest BCUT2D eigenvalue weighted by Crippen LogP contribution is -2.23. The second kappa shape index (κ2) is 7.49. The Hall–Kier alpha value is -3.33. The van der Waals surface area contributed by atoms with Gasteiger partial charge in [-0.15, -0.1) is 0 Å². The molecular weight excluding hydrogens is 382 g/mol. The summed E-state index contributed by atoms with van der Waals surface area (Å²) in [6.45, 7) is 5.94. The summed E-state index contributed by atoms with van der Waals surface area (Å²) in [6, 6.07) is 3.70. The molecule has 1 fully saturated rings. The van der Waals surface area contributed by atoms with Gasteiger partial charge in [-0.2, -0.15) is 5.10 Å². The number of nitrogens with one attached hydrogen (secondary N) is 1. The predicted octanol–water partition coefficient (Wildman–Crippen LogP) is 2.80. The van der Waals surface area contributed by atoms with Crippen molar-refractivity contribution in [2.24, 2.45) is 0 Å². The SMILES string of the molecule is CCn1c(=O)cc(C2CCOCC2)c2nc(Nc3cn4ncnc4cc3C)ncc21. The number of anilines is 2. The molecule has 0 spiro atoms. The number of rotatable bonds is 4. The van der Waals surface area contributed by atoms with Crippen LogP contribution >= 0.6 is 0 Å². The standard InChI is InChI=1S/C21H23N7O2/c1-3-27-17-10-22-21(25-16-11-28-18(8-13(16)2)23-12-24-28)26-20(17)15(9-19(27)29)14-4-6-30-7-5-14/h8-12,14H,3-7H2,1-2H3,(H,22,25,26). The van der Waals surface area contributed by atoms with Crippen molar-refractivity contribution in [1.82, 2.24) is 29.1 Å². The van der Waals surface area contributed by atoms with E-state index in [1.807, 2.05) is 26.1 Å². The Morgan fingerprint density at radius 3 is 2.87 bits per heavy atom. The third-order valence-corrected chi connectivity index (χ3v) is 5.73. The molecule has 0 atom stereocenters. The van der Waals surface area contributed by atoms with Gasteiger partial charge in [0, 0.05) is 25.8 Å². The molecule has 4 aromatic rings. The molecule has 30 heavy (non-hydrogen) atoms. The van der Waals surface area contributed by atoms with Crippen molar-refractivity contribution in [2.75, 3.05) is 18.5 Å². The van der Waals surface area contributed by atoms with Crippen LogP contribution in [0.2, 0.25) is 0 Å². The average Bonchev–Trinajstić information content (AvgIpc) is 3.21. The third-order valence-electron chi connectivity index (χ3n) is 5.73. The van der Waals surface area contributed by atoms with Gasteiger partial charge in [-0.1, -0.05) is 0 Å². The molecule has 5 heterocycles. The van der Waals surface area contributed by atoms with Crippen molar-refractivity contribution in [3.63, 3.8) is 0 Å². The van der Waals surface area contributed by atoms with Crippen molar-refractivity contribution in [3.8, 4) is 0 Å². The Morgan fingerprint density at radius 1 is 1.23 bits per heavy atom. The molecule has 0 amide bonds. The molecular formula is C21H23N7O2. The number of aryl methyl sites for hydroxylation is 2. The first kappa shape index (κ1) is 18.7. The van der Waals surface area contributed by atoms with Crippen LogP contribution in [0.25, 0.3) is 16.7 Å². The van der Waals surface area contributed by atoms with Crippen molar-refractivity contribution in [1.29, 1.82) is 0 Å². The molecule has 0 aliphatic carbocycles. The van der Waals surface area contributed by atoms with Crippen LogP contribution in [0, 0.1) is 6.92 Å². The minimum absolute atomic E-state index is 0.0109. The highest BCUT2D eigenvalue weighted by Crippen LogP contribution is 2.31. The topological polar surface area (TPSA) is 99.2 Å². The molecule has 1 aliphatic rings. The molecule has 0 aromatic carbocycles. The molecule has 1 aliphatic heterocycles. The Kier molecular flexibility index (Phi) is 4.66. The van der Waals surface area contributed by atoms with Crippen molar-refractivity contribution in [2.45, 2.75) is 39.2 Å². The van der Waals surface area contributed by atoms with E-state index in [0.29, 0.717) is 25.7 Å². The molecule has 0 radical (unpaired) electrons. The van der Waals surface area contributed by atoms with Gasteiger partial charge in [-0.3, -0.25) is 4.79 Å². The predicted molar refractivity (Wildman–Crippen MR) is 113 cm³/mol. The highest BCUT2D eigenvalue weighted by molar-refractivity contribution is 5.80. The van der Waals surface area contributed by atoms with Crippen LogP contribution in [-0.4, -0.2) is 42.3 Å². The number of fused-ring (bicyclic) bond motifs is 2. The van der Waals surface area contributed by atoms with Crippen molar-refractivity contribution in [3.05, 3.63) is 52.3 Å². The Bertz CT molecular complexity index is 1290. The Labute approximate surface area is 172 Å². The van der Waals surface area contributed by atoms with Gasteiger partial charge in [-0.25, -0.2) is 19.5 Å². The van der Waals surface area contributed by atoms with Crippen LogP contribution in [0.1, 0.15) is 36.8 Å². The molecule has 0 unspecified atom stereocenters. The van der Waals surface area contributed by atoms with E-state index in [1.54, 1.807) is 21.3 Å². The zero-order valence-corrected chi connectivity index (χ0v) is 17.0. The van der Waals surface area contributed by atoms with Crippen LogP contribution < -0.4 is 10.9 Å². The van der Waals surface area contributed by atoms with E-state index in [9.17, 15) is 4.79 Å². The van der Waals surface area contributed by atoms with E-state index in [2.05, 4.69) is 20.4 Å². The molecule has 9 nitrogen and oxygen atoms in total. The van der Waals surface area contributed by atoms with E-state index < -0.39 is 0 Å². The Morgan fingerprint density at radius 2 is 2.07 bits per heavy atom. The van der Waals surface area contributed by atoms with Crippen molar-refractivity contribution >= 4 is 28.3 Å². The van der Waals surface area contributed by atoms with Gasteiger partial charge in [0.1, 0.15) is 6.33 Å². The van der Waals surface area contributed by atoms with Gasteiger partial charge in [0.2, 0.25) is 5.95 Å². The molecule has 1 saturated heterocycles. The molecule has 0 saturated carbocycles. The largest absolute Gasteiger partial charge is 0.381 e. The second-order valence-electron chi connectivity index (χ2n) is 7.55. The quantitative estimate of drug-likeness (QED) is 0.557. The summed E-state index contributed by atoms with van der Waals surface area (Å²) in [7, 11) is 0. The van der Waals surface area contributed by atoms with Gasteiger partial charge >= 0.3 is 0 Å². The fourth-order valence-corrected chi connectivity index (χ4v) is 4.10. The molecule has 4 aromatic heterocycles. The second-order valence-corrected chi connectivity index (χ2v) is 7.55. The smallest absolute Gasteiger partial charge is 0.251 e. The van der Waals surface area contributed by atoms with Crippen LogP contribution in [-0.2, 0) is 11.3 Å². The maximum absolute atomic E-state index is 12.7. The number of aromatic nitrogens is 6. The first-order valence-corrected chi connectivity index (χ1v) is 10.2. The molecule has 9 heteroatoms. The molecule has 5 rings (SSSR count). The third kappa shape index (κ3) is 3.21. The van der Waals surface area contributed by atoms with E-state index in [4.69, 9.17) is 9.72 Å². The normalized spacial score (nSPS) is 15.1. The maximum atomic E-state index is 12.7. The van der Waals surface area contributed by atoms with Crippen LogP contribution in [0.3, 0.4) is 0 Å². The van der Waals surface area contributed by atoms with Gasteiger partial charge in [0.05, 0.1) is 29.1 Å². The first-order chi connectivity index (χ1) is 14.6. The van der Waals surface area contributed by atoms with Gasteiger partial charge in [0.25, 0.3) is 5.56 Å². The van der Waals surface area contributed by atoms with Crippen molar-refractivity contribution < 1.29 is 4.74 Å². The lowest BCUT2D eigenvalue weighted by Gasteiger charge is -2.24. The number of hydrogen-bond donors (Lipinski definition) is 1. The number of nitrogens with zero attached hydrogens (tertiary/aromatic N) is 6. The average molecular weight is 405 g/mol. The summed E-state index contributed by atoms with van der Waals surface area (Å²) in [5.41, 5.74) is 5.21. The number of ether oxygens (including phenoxy) is 1. The summed E-state index contributed by atoms with van der Waals surface area (Å²) in [4.78, 5) is 26.2. The first-order valence-electron chi connectivity index (χ1n) is 10.2. The maximum Gasteiger partial charge on any atom is 0.251 e. The summed E-state index contributed by atoms with van der Waals surface area (Å²) in [5.74, 6) is 0.746. The van der Waals surface area contributed by atoms with Crippen LogP contribution in [0.15, 0.2) is 35.6 Å². The van der Waals surface area contributed by atoms with Crippen LogP contribution in [0.4, 0.5) is 11.6 Å². The fraction of sp³-hybridized carbons (Fsp3) is 0.381. The summed E-state index contributed by atoms with van der Waals surface area (Å²) in [6.07, 6.45) is 6.91. The zero-order valence-electron chi connectivity index (χ0n) is 17.0. The number of pyridine rings is 2. The van der Waals surface area contributed by atoms with E-state index in [1.165, 1.54) is 6.33 Å². The van der Waals surface area contributed by atoms with Gasteiger partial charge in [-0.05, 0) is 49.8 Å².